The first-order valence-electron chi connectivity index (χ1n) is 4.78. The molecule has 2 aromatic heterocycles. The smallest absolute Gasteiger partial charge is 0.245 e. The Labute approximate surface area is 116 Å². The van der Waals surface area contributed by atoms with Crippen molar-refractivity contribution in [3.05, 3.63) is 33.1 Å². The summed E-state index contributed by atoms with van der Waals surface area (Å²) in [6.07, 6.45) is 0. The minimum Gasteiger partial charge on any atom is -0.450 e. The van der Waals surface area contributed by atoms with Crippen molar-refractivity contribution in [3.8, 4) is 0 Å². The molecule has 0 fully saturated rings. The lowest BCUT2D eigenvalue weighted by Gasteiger charge is -2.02. The van der Waals surface area contributed by atoms with Gasteiger partial charge in [0.25, 0.3) is 0 Å². The Kier molecular flexibility index (Phi) is 4.17. The molecule has 2 heterocycles. The van der Waals surface area contributed by atoms with E-state index in [1.165, 1.54) is 17.4 Å². The highest BCUT2D eigenvalue weighted by molar-refractivity contribution is 9.10. The van der Waals surface area contributed by atoms with E-state index in [9.17, 15) is 8.42 Å². The van der Waals surface area contributed by atoms with Crippen LogP contribution in [0.25, 0.3) is 0 Å². The summed E-state index contributed by atoms with van der Waals surface area (Å²) < 4.78 is 31.4. The van der Waals surface area contributed by atoms with Gasteiger partial charge in [0.15, 0.2) is 4.67 Å². The summed E-state index contributed by atoms with van der Waals surface area (Å²) in [7, 11) is -3.69. The van der Waals surface area contributed by atoms with Crippen molar-refractivity contribution < 1.29 is 17.9 Å². The van der Waals surface area contributed by atoms with Gasteiger partial charge in [-0.05, 0) is 15.9 Å². The third-order valence-electron chi connectivity index (χ3n) is 2.08. The number of aliphatic hydroxyl groups excluding tert-OH is 1. The van der Waals surface area contributed by atoms with Crippen molar-refractivity contribution in [1.82, 2.24) is 9.71 Å². The molecule has 0 aliphatic carbocycles. The van der Waals surface area contributed by atoms with Gasteiger partial charge in [-0.3, -0.25) is 0 Å². The van der Waals surface area contributed by atoms with Gasteiger partial charge in [-0.15, -0.1) is 11.3 Å². The number of nitrogens with one attached hydrogen (secondary N) is 1. The van der Waals surface area contributed by atoms with Crippen LogP contribution in [0.1, 0.15) is 11.5 Å². The first-order valence-corrected chi connectivity index (χ1v) is 8.00. The molecule has 0 bridgehead atoms. The van der Waals surface area contributed by atoms with E-state index in [0.29, 0.717) is 5.69 Å². The second kappa shape index (κ2) is 5.49. The second-order valence-electron chi connectivity index (χ2n) is 3.31. The van der Waals surface area contributed by atoms with Crippen LogP contribution in [0.5, 0.6) is 0 Å². The quantitative estimate of drug-likeness (QED) is 0.849. The Hall–Kier alpha value is -0.740. The highest BCUT2D eigenvalue weighted by Gasteiger charge is 2.22. The topological polar surface area (TPSA) is 92.4 Å². The molecule has 98 valence electrons. The summed E-state index contributed by atoms with van der Waals surface area (Å²) in [6.45, 7) is -0.252. The van der Waals surface area contributed by atoms with Crippen LogP contribution in [-0.4, -0.2) is 18.5 Å². The minimum absolute atomic E-state index is 0.0400. The molecule has 0 aromatic carbocycles. The molecule has 2 N–H and O–H groups in total. The molecule has 6 nitrogen and oxygen atoms in total. The molecular weight excluding hydrogens is 344 g/mol. The van der Waals surface area contributed by atoms with E-state index in [1.807, 2.05) is 0 Å². The molecule has 0 aliphatic heterocycles. The SMILES string of the molecule is O=S(=O)(NCc1cscn1)c1cc(CO)oc1Br. The summed E-state index contributed by atoms with van der Waals surface area (Å²) in [6, 6.07) is 1.27. The van der Waals surface area contributed by atoms with Gasteiger partial charge in [0.05, 0.1) is 17.7 Å². The minimum atomic E-state index is -3.69. The number of hydrogen-bond donors (Lipinski definition) is 2. The Balaban J connectivity index is 2.17. The normalized spacial score (nSPS) is 11.9. The molecule has 18 heavy (non-hydrogen) atoms. The van der Waals surface area contributed by atoms with Gasteiger partial charge in [-0.2, -0.15) is 0 Å². The van der Waals surface area contributed by atoms with Crippen LogP contribution in [0.15, 0.2) is 30.9 Å². The van der Waals surface area contributed by atoms with E-state index >= 15 is 0 Å². The Bertz CT molecular complexity index is 621. The fourth-order valence-corrected chi connectivity index (χ4v) is 3.78. The van der Waals surface area contributed by atoms with E-state index in [4.69, 9.17) is 9.52 Å². The van der Waals surface area contributed by atoms with Crippen molar-refractivity contribution in [3.63, 3.8) is 0 Å². The largest absolute Gasteiger partial charge is 0.450 e. The molecular formula is C9H9BrN2O4S2. The molecule has 2 aromatic rings. The van der Waals surface area contributed by atoms with Crippen molar-refractivity contribution in [2.24, 2.45) is 0 Å². The molecule has 9 heteroatoms. The van der Waals surface area contributed by atoms with Crippen LogP contribution < -0.4 is 4.72 Å². The Morgan fingerprint density at radius 3 is 2.89 bits per heavy atom. The third kappa shape index (κ3) is 2.98. The zero-order chi connectivity index (χ0) is 13.2. The van der Waals surface area contributed by atoms with Crippen LogP contribution in [0.2, 0.25) is 0 Å². The predicted molar refractivity (Wildman–Crippen MR) is 68.5 cm³/mol. The summed E-state index contributed by atoms with van der Waals surface area (Å²) in [4.78, 5) is 3.93. The maximum Gasteiger partial charge on any atom is 0.245 e. The van der Waals surface area contributed by atoms with Gasteiger partial charge in [0.1, 0.15) is 17.3 Å². The van der Waals surface area contributed by atoms with Crippen LogP contribution in [-0.2, 0) is 23.2 Å². The van der Waals surface area contributed by atoms with Crippen LogP contribution in [0, 0.1) is 0 Å². The molecule has 0 aliphatic rings. The number of rotatable bonds is 5. The molecule has 0 spiro atoms. The molecule has 2 rings (SSSR count). The molecule has 0 radical (unpaired) electrons. The van der Waals surface area contributed by atoms with Crippen molar-refractivity contribution in [2.45, 2.75) is 18.0 Å². The van der Waals surface area contributed by atoms with E-state index in [-0.39, 0.29) is 28.5 Å². The first-order chi connectivity index (χ1) is 8.53. The second-order valence-corrected chi connectivity index (χ2v) is 6.49. The summed E-state index contributed by atoms with van der Waals surface area (Å²) in [5.74, 6) is 0.177. The molecule has 0 saturated heterocycles. The monoisotopic (exact) mass is 352 g/mol. The number of halogens is 1. The van der Waals surface area contributed by atoms with Gasteiger partial charge in [-0.25, -0.2) is 18.1 Å². The van der Waals surface area contributed by atoms with Gasteiger partial charge in [0.2, 0.25) is 10.0 Å². The lowest BCUT2D eigenvalue weighted by molar-refractivity contribution is 0.245. The number of aliphatic hydroxyl groups is 1. The Morgan fingerprint density at radius 1 is 1.56 bits per heavy atom. The summed E-state index contributed by atoms with van der Waals surface area (Å²) in [5, 5.41) is 10.6. The number of aromatic nitrogens is 1. The molecule has 0 unspecified atom stereocenters. The maximum atomic E-state index is 12.0. The number of thiazole rings is 1. The van der Waals surface area contributed by atoms with Gasteiger partial charge >= 0.3 is 0 Å². The maximum absolute atomic E-state index is 12.0. The average molecular weight is 353 g/mol. The fraction of sp³-hybridized carbons (Fsp3) is 0.222. The molecule has 0 atom stereocenters. The molecule has 0 amide bonds. The van der Waals surface area contributed by atoms with Gasteiger partial charge < -0.3 is 9.52 Å². The predicted octanol–water partition coefficient (Wildman–Crippen LogP) is 1.47. The molecule has 0 saturated carbocycles. The van der Waals surface area contributed by atoms with Crippen LogP contribution in [0.3, 0.4) is 0 Å². The lowest BCUT2D eigenvalue weighted by Crippen LogP contribution is -2.23. The third-order valence-corrected chi connectivity index (χ3v) is 4.97. The van der Waals surface area contributed by atoms with E-state index in [0.717, 1.165) is 0 Å². The average Bonchev–Trinajstić information content (AvgIpc) is 2.95. The standard InChI is InChI=1S/C9H9BrN2O4S2/c10-9-8(1-7(3-13)16-9)18(14,15)12-2-6-4-17-5-11-6/h1,4-5,12-13H,2-3H2. The number of sulfonamides is 1. The zero-order valence-electron chi connectivity index (χ0n) is 8.96. The zero-order valence-corrected chi connectivity index (χ0v) is 12.2. The highest BCUT2D eigenvalue weighted by Crippen LogP contribution is 2.26. The van der Waals surface area contributed by atoms with Gasteiger partial charge in [-0.1, -0.05) is 0 Å². The first kappa shape index (κ1) is 13.7. The highest BCUT2D eigenvalue weighted by atomic mass is 79.9. The van der Waals surface area contributed by atoms with E-state index in [2.05, 4.69) is 25.6 Å². The van der Waals surface area contributed by atoms with Crippen molar-refractivity contribution >= 4 is 37.3 Å². The lowest BCUT2D eigenvalue weighted by atomic mass is 10.5. The van der Waals surface area contributed by atoms with E-state index in [1.54, 1.807) is 10.9 Å². The van der Waals surface area contributed by atoms with Crippen LogP contribution >= 0.6 is 27.3 Å². The summed E-state index contributed by atoms with van der Waals surface area (Å²) in [5.41, 5.74) is 2.27. The number of hydrogen-bond acceptors (Lipinski definition) is 6. The van der Waals surface area contributed by atoms with Crippen LogP contribution in [0.4, 0.5) is 0 Å². The number of nitrogens with zero attached hydrogens (tertiary/aromatic N) is 1. The van der Waals surface area contributed by atoms with Gasteiger partial charge in [0, 0.05) is 11.4 Å². The van der Waals surface area contributed by atoms with Crippen molar-refractivity contribution in [1.29, 1.82) is 0 Å². The number of furan rings is 1. The van der Waals surface area contributed by atoms with Crippen molar-refractivity contribution in [2.75, 3.05) is 0 Å². The summed E-state index contributed by atoms with van der Waals surface area (Å²) >= 11 is 4.39. The fourth-order valence-electron chi connectivity index (χ4n) is 1.23. The van der Waals surface area contributed by atoms with E-state index < -0.39 is 10.0 Å². The Morgan fingerprint density at radius 2 is 2.33 bits per heavy atom.